The van der Waals surface area contributed by atoms with Gasteiger partial charge in [0.15, 0.2) is 11.8 Å². The molecule has 1 aromatic carbocycles. The number of nitrogens with one attached hydrogen (secondary N) is 2. The van der Waals surface area contributed by atoms with E-state index in [1.165, 1.54) is 5.56 Å². The van der Waals surface area contributed by atoms with Crippen molar-refractivity contribution in [1.82, 2.24) is 20.8 Å². The van der Waals surface area contributed by atoms with Crippen molar-refractivity contribution < 1.29 is 4.52 Å². The molecule has 0 saturated heterocycles. The standard InChI is InChI=1S/C19H29N5O/c1-6-17-23-18(25-24-17)16-9-7-15(8-10-16)11-12-21-19(20-5)22-14(4)13(2)3/h7-10,13-14H,6,11-12H2,1-5H3,(H2,20,21,22). The van der Waals surface area contributed by atoms with Gasteiger partial charge in [-0.1, -0.05) is 38.1 Å². The number of nitrogens with zero attached hydrogens (tertiary/aromatic N) is 3. The molecule has 1 unspecified atom stereocenters. The highest BCUT2D eigenvalue weighted by molar-refractivity contribution is 5.79. The second-order valence-electron chi connectivity index (χ2n) is 6.49. The molecule has 6 nitrogen and oxygen atoms in total. The largest absolute Gasteiger partial charge is 0.356 e. The lowest BCUT2D eigenvalue weighted by Crippen LogP contribution is -2.44. The van der Waals surface area contributed by atoms with Crippen LogP contribution in [0.5, 0.6) is 0 Å². The summed E-state index contributed by atoms with van der Waals surface area (Å²) < 4.78 is 5.27. The Balaban J connectivity index is 1.85. The summed E-state index contributed by atoms with van der Waals surface area (Å²) in [6, 6.07) is 8.62. The Kier molecular flexibility index (Phi) is 6.98. The van der Waals surface area contributed by atoms with Crippen molar-refractivity contribution in [3.05, 3.63) is 35.7 Å². The first-order valence-corrected chi connectivity index (χ1v) is 8.92. The normalized spacial score (nSPS) is 13.1. The first kappa shape index (κ1) is 19.0. The molecule has 0 fully saturated rings. The molecule has 6 heteroatoms. The zero-order valence-electron chi connectivity index (χ0n) is 15.8. The van der Waals surface area contributed by atoms with Crippen LogP contribution in [0.25, 0.3) is 11.5 Å². The molecule has 0 aliphatic heterocycles. The second-order valence-corrected chi connectivity index (χ2v) is 6.49. The molecule has 0 aliphatic rings. The highest BCUT2D eigenvalue weighted by Gasteiger charge is 2.09. The Morgan fingerprint density at radius 2 is 1.92 bits per heavy atom. The zero-order valence-corrected chi connectivity index (χ0v) is 15.8. The van der Waals surface area contributed by atoms with Crippen LogP contribution in [0.15, 0.2) is 33.8 Å². The quantitative estimate of drug-likeness (QED) is 0.597. The van der Waals surface area contributed by atoms with Gasteiger partial charge < -0.3 is 15.2 Å². The van der Waals surface area contributed by atoms with Gasteiger partial charge in [-0.2, -0.15) is 4.98 Å². The highest BCUT2D eigenvalue weighted by Crippen LogP contribution is 2.18. The van der Waals surface area contributed by atoms with Gasteiger partial charge in [-0.3, -0.25) is 4.99 Å². The van der Waals surface area contributed by atoms with Gasteiger partial charge >= 0.3 is 0 Å². The first-order valence-electron chi connectivity index (χ1n) is 8.92. The Bertz CT molecular complexity index is 675. The maximum Gasteiger partial charge on any atom is 0.257 e. The molecule has 0 saturated carbocycles. The van der Waals surface area contributed by atoms with Crippen LogP contribution in [0.4, 0.5) is 0 Å². The predicted octanol–water partition coefficient (Wildman–Crippen LogP) is 3.05. The lowest BCUT2D eigenvalue weighted by molar-refractivity contribution is 0.423. The van der Waals surface area contributed by atoms with E-state index in [1.54, 1.807) is 7.05 Å². The van der Waals surface area contributed by atoms with Crippen LogP contribution in [0, 0.1) is 5.92 Å². The molecule has 0 radical (unpaired) electrons. The van der Waals surface area contributed by atoms with Crippen molar-refractivity contribution in [2.45, 2.75) is 46.6 Å². The predicted molar refractivity (Wildman–Crippen MR) is 102 cm³/mol. The van der Waals surface area contributed by atoms with Crippen LogP contribution in [0.1, 0.15) is 39.1 Å². The summed E-state index contributed by atoms with van der Waals surface area (Å²) in [7, 11) is 1.80. The number of aromatic nitrogens is 2. The number of hydrogen-bond donors (Lipinski definition) is 2. The topological polar surface area (TPSA) is 75.3 Å². The third kappa shape index (κ3) is 5.59. The van der Waals surface area contributed by atoms with E-state index in [1.807, 2.05) is 19.1 Å². The van der Waals surface area contributed by atoms with E-state index in [-0.39, 0.29) is 0 Å². The van der Waals surface area contributed by atoms with E-state index in [4.69, 9.17) is 4.52 Å². The minimum atomic E-state index is 0.382. The van der Waals surface area contributed by atoms with E-state index in [9.17, 15) is 0 Å². The van der Waals surface area contributed by atoms with E-state index < -0.39 is 0 Å². The summed E-state index contributed by atoms with van der Waals surface area (Å²) >= 11 is 0. The highest BCUT2D eigenvalue weighted by atomic mass is 16.5. The van der Waals surface area contributed by atoms with Gasteiger partial charge in [0.05, 0.1) is 0 Å². The van der Waals surface area contributed by atoms with Crippen molar-refractivity contribution in [2.24, 2.45) is 10.9 Å². The summed E-state index contributed by atoms with van der Waals surface area (Å²) in [5.41, 5.74) is 2.20. The number of benzene rings is 1. The molecule has 0 amide bonds. The molecule has 136 valence electrons. The van der Waals surface area contributed by atoms with Crippen LogP contribution >= 0.6 is 0 Å². The maximum atomic E-state index is 5.27. The van der Waals surface area contributed by atoms with Gasteiger partial charge in [0, 0.05) is 31.6 Å². The van der Waals surface area contributed by atoms with Crippen molar-refractivity contribution in [3.63, 3.8) is 0 Å². The minimum Gasteiger partial charge on any atom is -0.356 e. The maximum absolute atomic E-state index is 5.27. The van der Waals surface area contributed by atoms with Gasteiger partial charge in [-0.15, -0.1) is 0 Å². The Morgan fingerprint density at radius 1 is 1.20 bits per heavy atom. The van der Waals surface area contributed by atoms with Gasteiger partial charge in [-0.25, -0.2) is 0 Å². The van der Waals surface area contributed by atoms with Crippen LogP contribution < -0.4 is 10.6 Å². The van der Waals surface area contributed by atoms with E-state index in [2.05, 4.69) is 58.7 Å². The molecule has 25 heavy (non-hydrogen) atoms. The van der Waals surface area contributed by atoms with Crippen LogP contribution in [0.3, 0.4) is 0 Å². The molecule has 2 N–H and O–H groups in total. The van der Waals surface area contributed by atoms with Crippen LogP contribution in [-0.4, -0.2) is 35.7 Å². The molecule has 2 rings (SSSR count). The SMILES string of the molecule is CCc1noc(-c2ccc(CCNC(=NC)NC(C)C(C)C)cc2)n1. The van der Waals surface area contributed by atoms with Crippen molar-refractivity contribution in [1.29, 1.82) is 0 Å². The Hall–Kier alpha value is -2.37. The molecular formula is C19H29N5O. The molecular weight excluding hydrogens is 314 g/mol. The average Bonchev–Trinajstić information content (AvgIpc) is 3.10. The van der Waals surface area contributed by atoms with Gasteiger partial charge in [-0.05, 0) is 37.0 Å². The molecule has 1 heterocycles. The van der Waals surface area contributed by atoms with E-state index in [0.717, 1.165) is 36.7 Å². The fraction of sp³-hybridized carbons (Fsp3) is 0.526. The number of guanidine groups is 1. The third-order valence-corrected chi connectivity index (χ3v) is 4.28. The minimum absolute atomic E-state index is 0.382. The van der Waals surface area contributed by atoms with Crippen LogP contribution in [-0.2, 0) is 12.8 Å². The van der Waals surface area contributed by atoms with Crippen LogP contribution in [0.2, 0.25) is 0 Å². The average molecular weight is 343 g/mol. The Labute approximate surface area is 150 Å². The fourth-order valence-electron chi connectivity index (χ4n) is 2.23. The number of rotatable bonds is 7. The monoisotopic (exact) mass is 343 g/mol. The summed E-state index contributed by atoms with van der Waals surface area (Å²) in [6.07, 6.45) is 1.69. The van der Waals surface area contributed by atoms with Crippen molar-refractivity contribution in [2.75, 3.05) is 13.6 Å². The summed E-state index contributed by atoms with van der Waals surface area (Å²) in [5, 5.41) is 10.7. The van der Waals surface area contributed by atoms with E-state index in [0.29, 0.717) is 17.9 Å². The molecule has 0 bridgehead atoms. The molecule has 2 aromatic rings. The summed E-state index contributed by atoms with van der Waals surface area (Å²) in [4.78, 5) is 8.63. The number of hydrogen-bond acceptors (Lipinski definition) is 4. The molecule has 1 atom stereocenters. The number of aliphatic imine (C=N–C) groups is 1. The molecule has 0 aliphatic carbocycles. The first-order chi connectivity index (χ1) is 12.0. The fourth-order valence-corrected chi connectivity index (χ4v) is 2.23. The van der Waals surface area contributed by atoms with Gasteiger partial charge in [0.25, 0.3) is 5.89 Å². The van der Waals surface area contributed by atoms with E-state index >= 15 is 0 Å². The lowest BCUT2D eigenvalue weighted by atomic mass is 10.1. The van der Waals surface area contributed by atoms with Gasteiger partial charge in [0.2, 0.25) is 0 Å². The van der Waals surface area contributed by atoms with Crippen molar-refractivity contribution in [3.8, 4) is 11.5 Å². The van der Waals surface area contributed by atoms with Gasteiger partial charge in [0.1, 0.15) is 0 Å². The summed E-state index contributed by atoms with van der Waals surface area (Å²) in [6.45, 7) is 9.39. The lowest BCUT2D eigenvalue weighted by Gasteiger charge is -2.20. The molecule has 1 aromatic heterocycles. The molecule has 0 spiro atoms. The second kappa shape index (κ2) is 9.20. The Morgan fingerprint density at radius 3 is 2.48 bits per heavy atom. The summed E-state index contributed by atoms with van der Waals surface area (Å²) in [5.74, 6) is 2.71. The zero-order chi connectivity index (χ0) is 18.2. The van der Waals surface area contributed by atoms with Crippen molar-refractivity contribution >= 4 is 5.96 Å². The number of aryl methyl sites for hydroxylation is 1. The third-order valence-electron chi connectivity index (χ3n) is 4.28. The smallest absolute Gasteiger partial charge is 0.257 e.